The van der Waals surface area contributed by atoms with Crippen molar-refractivity contribution in [1.82, 2.24) is 4.48 Å². The molecule has 4 nitrogen and oxygen atoms in total. The summed E-state index contributed by atoms with van der Waals surface area (Å²) in [4.78, 5) is 4.90. The van der Waals surface area contributed by atoms with E-state index in [4.69, 9.17) is 15.5 Å². The minimum atomic E-state index is 0.590. The van der Waals surface area contributed by atoms with Crippen molar-refractivity contribution in [3.05, 3.63) is 75.2 Å². The lowest BCUT2D eigenvalue weighted by Crippen LogP contribution is -2.05. The highest BCUT2D eigenvalue weighted by molar-refractivity contribution is 9.10. The standard InChI is InChI=1S/C22H25BBrN3O/c1-14-11-16(22(28-3)19(24)12-14)6-7-17-13-15(2)21(26-17)18(8-9-25)20-5-4-10-27(20)23/h4-7,10-13H,8-9,23,25H2,1-3H3/b7-6+,21-18-. The van der Waals surface area contributed by atoms with Crippen LogP contribution in [0, 0.1) is 6.92 Å². The van der Waals surface area contributed by atoms with Crippen LogP contribution in [-0.2, 0) is 0 Å². The molecule has 0 radical (unpaired) electrons. The predicted octanol–water partition coefficient (Wildman–Crippen LogP) is 4.14. The summed E-state index contributed by atoms with van der Waals surface area (Å²) < 4.78 is 8.60. The largest absolute Gasteiger partial charge is 0.495 e. The van der Waals surface area contributed by atoms with Gasteiger partial charge >= 0.3 is 0 Å². The van der Waals surface area contributed by atoms with E-state index in [1.807, 2.05) is 38.5 Å². The van der Waals surface area contributed by atoms with Crippen molar-refractivity contribution in [3.63, 3.8) is 0 Å². The quantitative estimate of drug-likeness (QED) is 0.690. The Kier molecular flexibility index (Phi) is 6.42. The molecule has 0 amide bonds. The second-order valence-electron chi connectivity index (χ2n) is 6.94. The Morgan fingerprint density at radius 1 is 1.32 bits per heavy atom. The average Bonchev–Trinajstić information content (AvgIpc) is 3.23. The second-order valence-corrected chi connectivity index (χ2v) is 7.79. The molecule has 0 spiro atoms. The summed E-state index contributed by atoms with van der Waals surface area (Å²) in [5.41, 5.74) is 13.5. The number of methoxy groups -OCH3 is 1. The third-order valence-corrected chi connectivity index (χ3v) is 5.36. The molecule has 6 heteroatoms. The molecule has 28 heavy (non-hydrogen) atoms. The van der Waals surface area contributed by atoms with Crippen molar-refractivity contribution >= 4 is 41.3 Å². The first-order chi connectivity index (χ1) is 13.4. The van der Waals surface area contributed by atoms with Crippen molar-refractivity contribution in [2.24, 2.45) is 10.7 Å². The number of allylic oxidation sites excluding steroid dienone is 3. The molecular weight excluding hydrogens is 413 g/mol. The van der Waals surface area contributed by atoms with Crippen molar-refractivity contribution in [2.45, 2.75) is 20.3 Å². The number of nitrogens with zero attached hydrogens (tertiary/aromatic N) is 2. The van der Waals surface area contributed by atoms with Gasteiger partial charge in [-0.15, -0.1) is 0 Å². The number of ether oxygens (including phenoxy) is 1. The normalized spacial score (nSPS) is 15.8. The van der Waals surface area contributed by atoms with Crippen LogP contribution >= 0.6 is 15.9 Å². The maximum Gasteiger partial charge on any atom is 0.223 e. The Labute approximate surface area is 176 Å². The molecule has 2 aromatic rings. The van der Waals surface area contributed by atoms with E-state index < -0.39 is 0 Å². The van der Waals surface area contributed by atoms with Gasteiger partial charge in [0.2, 0.25) is 7.98 Å². The lowest BCUT2D eigenvalue weighted by molar-refractivity contribution is 0.411. The number of aliphatic imine (C=N–C) groups is 1. The monoisotopic (exact) mass is 437 g/mol. The Bertz CT molecular complexity index is 1010. The van der Waals surface area contributed by atoms with Crippen molar-refractivity contribution in [3.8, 4) is 5.75 Å². The fraction of sp³-hybridized carbons (Fsp3) is 0.227. The molecule has 0 saturated carbocycles. The highest BCUT2D eigenvalue weighted by Crippen LogP contribution is 2.33. The van der Waals surface area contributed by atoms with Crippen LogP contribution in [0.4, 0.5) is 0 Å². The van der Waals surface area contributed by atoms with Crippen LogP contribution in [0.25, 0.3) is 11.6 Å². The smallest absolute Gasteiger partial charge is 0.223 e. The zero-order chi connectivity index (χ0) is 20.3. The number of nitrogens with two attached hydrogens (primary N) is 1. The average molecular weight is 438 g/mol. The number of aromatic nitrogens is 1. The minimum absolute atomic E-state index is 0.590. The van der Waals surface area contributed by atoms with Crippen LogP contribution < -0.4 is 10.5 Å². The first-order valence-electron chi connectivity index (χ1n) is 9.29. The Morgan fingerprint density at radius 3 is 2.75 bits per heavy atom. The molecule has 1 aromatic carbocycles. The van der Waals surface area contributed by atoms with E-state index in [0.29, 0.717) is 6.54 Å². The summed E-state index contributed by atoms with van der Waals surface area (Å²) in [6.45, 7) is 4.76. The molecule has 1 aliphatic rings. The molecule has 2 N–H and O–H groups in total. The van der Waals surface area contributed by atoms with Crippen LogP contribution in [0.1, 0.15) is 30.2 Å². The lowest BCUT2D eigenvalue weighted by Gasteiger charge is -2.11. The number of halogens is 1. The highest BCUT2D eigenvalue weighted by Gasteiger charge is 2.17. The summed E-state index contributed by atoms with van der Waals surface area (Å²) in [6.07, 6.45) is 9.03. The van der Waals surface area contributed by atoms with Gasteiger partial charge in [-0.05, 0) is 103 Å². The fourth-order valence-electron chi connectivity index (χ4n) is 3.49. The molecule has 0 unspecified atom stereocenters. The van der Waals surface area contributed by atoms with Gasteiger partial charge in [0.15, 0.2) is 0 Å². The predicted molar refractivity (Wildman–Crippen MR) is 125 cm³/mol. The first-order valence-corrected chi connectivity index (χ1v) is 10.1. The zero-order valence-electron chi connectivity index (χ0n) is 16.8. The van der Waals surface area contributed by atoms with Crippen molar-refractivity contribution < 1.29 is 4.74 Å². The molecule has 1 aromatic heterocycles. The fourth-order valence-corrected chi connectivity index (χ4v) is 4.24. The summed E-state index contributed by atoms with van der Waals surface area (Å²) >= 11 is 3.57. The van der Waals surface area contributed by atoms with Gasteiger partial charge in [-0.2, -0.15) is 0 Å². The number of hydrogen-bond acceptors (Lipinski definition) is 3. The summed E-state index contributed by atoms with van der Waals surface area (Å²) in [5.74, 6) is 0.824. The third-order valence-electron chi connectivity index (χ3n) is 4.77. The van der Waals surface area contributed by atoms with E-state index in [1.54, 1.807) is 7.11 Å². The van der Waals surface area contributed by atoms with Gasteiger partial charge in [-0.25, -0.2) is 4.99 Å². The lowest BCUT2D eigenvalue weighted by atomic mass is 10.0. The Morgan fingerprint density at radius 2 is 2.11 bits per heavy atom. The minimum Gasteiger partial charge on any atom is -0.495 e. The van der Waals surface area contributed by atoms with Crippen LogP contribution in [0.15, 0.2) is 63.3 Å². The van der Waals surface area contributed by atoms with Gasteiger partial charge in [0.25, 0.3) is 0 Å². The number of rotatable bonds is 6. The van der Waals surface area contributed by atoms with Gasteiger partial charge in [-0.1, -0.05) is 0 Å². The summed E-state index contributed by atoms with van der Waals surface area (Å²) in [6, 6.07) is 8.32. The molecule has 144 valence electrons. The van der Waals surface area contributed by atoms with Gasteiger partial charge in [0.05, 0.1) is 23.0 Å². The van der Waals surface area contributed by atoms with E-state index in [9.17, 15) is 0 Å². The van der Waals surface area contributed by atoms with Gasteiger partial charge in [-0.3, -0.25) is 0 Å². The maximum absolute atomic E-state index is 5.88. The van der Waals surface area contributed by atoms with E-state index in [0.717, 1.165) is 44.9 Å². The first kappa shape index (κ1) is 20.4. The van der Waals surface area contributed by atoms with Crippen LogP contribution in [0.5, 0.6) is 5.75 Å². The molecule has 0 aliphatic carbocycles. The number of benzene rings is 1. The third kappa shape index (κ3) is 4.23. The van der Waals surface area contributed by atoms with E-state index in [1.165, 1.54) is 11.1 Å². The van der Waals surface area contributed by atoms with Crippen LogP contribution in [0.2, 0.25) is 0 Å². The van der Waals surface area contributed by atoms with Crippen LogP contribution in [-0.4, -0.2) is 31.8 Å². The van der Waals surface area contributed by atoms with Gasteiger partial charge in [0, 0.05) is 16.8 Å². The topological polar surface area (TPSA) is 52.5 Å². The van der Waals surface area contributed by atoms with Crippen LogP contribution in [0.3, 0.4) is 0 Å². The summed E-state index contributed by atoms with van der Waals surface area (Å²) in [5, 5.41) is 0. The van der Waals surface area contributed by atoms with Gasteiger partial charge < -0.3 is 14.9 Å². The molecule has 0 bridgehead atoms. The SMILES string of the molecule is Bn1cccc1/C(CCN)=C1N=C(/C=C/c2cc(C)cc(Br)c2OC)C=C\1C. The molecule has 3 rings (SSSR count). The van der Waals surface area contributed by atoms with Crippen molar-refractivity contribution in [2.75, 3.05) is 13.7 Å². The molecular formula is C22H25BBrN3O. The van der Waals surface area contributed by atoms with E-state index in [-0.39, 0.29) is 0 Å². The Hall–Kier alpha value is -2.31. The van der Waals surface area contributed by atoms with Gasteiger partial charge in [0.1, 0.15) is 5.75 Å². The molecule has 0 atom stereocenters. The summed E-state index contributed by atoms with van der Waals surface area (Å²) in [7, 11) is 3.73. The molecule has 0 saturated heterocycles. The van der Waals surface area contributed by atoms with E-state index >= 15 is 0 Å². The molecule has 0 fully saturated rings. The highest BCUT2D eigenvalue weighted by atomic mass is 79.9. The Balaban J connectivity index is 2.00. The number of hydrogen-bond donors (Lipinski definition) is 1. The zero-order valence-corrected chi connectivity index (χ0v) is 18.4. The number of aryl methyl sites for hydroxylation is 1. The second kappa shape index (κ2) is 8.80. The molecule has 1 aliphatic heterocycles. The maximum atomic E-state index is 5.88. The van der Waals surface area contributed by atoms with E-state index in [2.05, 4.69) is 52.5 Å². The van der Waals surface area contributed by atoms with Crippen molar-refractivity contribution in [1.29, 1.82) is 0 Å². The molecule has 2 heterocycles.